The first-order valence-electron chi connectivity index (χ1n) is 14.3. The summed E-state index contributed by atoms with van der Waals surface area (Å²) in [5.41, 5.74) is 0.331. The number of hydrogen-bond acceptors (Lipinski definition) is 4. The lowest BCUT2D eigenvalue weighted by atomic mass is 9.63. The van der Waals surface area contributed by atoms with E-state index in [-0.39, 0.29) is 23.2 Å². The molecule has 2 aliphatic rings. The molecule has 2 saturated carbocycles. The van der Waals surface area contributed by atoms with Crippen molar-refractivity contribution in [2.75, 3.05) is 7.11 Å². The van der Waals surface area contributed by atoms with E-state index >= 15 is 0 Å². The number of nitrogens with zero attached hydrogens (tertiary/aromatic N) is 1. The molecule has 0 saturated heterocycles. The molecule has 1 heterocycles. The normalized spacial score (nSPS) is 24.5. The summed E-state index contributed by atoms with van der Waals surface area (Å²) in [4.78, 5) is 17.7. The Balaban J connectivity index is 1.63. The van der Waals surface area contributed by atoms with E-state index in [1.165, 1.54) is 37.7 Å². The molecule has 6 heteroatoms. The second-order valence-electron chi connectivity index (χ2n) is 12.9. The molecule has 0 aromatic carbocycles. The maximum Gasteiger partial charge on any atom is 0.348 e. The second kappa shape index (κ2) is 12.6. The van der Waals surface area contributed by atoms with Crippen LogP contribution in [-0.4, -0.2) is 33.5 Å². The average molecular weight is 544 g/mol. The number of ether oxygens (including phenoxy) is 1. The third-order valence-electron chi connectivity index (χ3n) is 9.72. The zero-order chi connectivity index (χ0) is 27.3. The molecular formula is C31H49NO3SSi. The van der Waals surface area contributed by atoms with Gasteiger partial charge in [0.2, 0.25) is 6.04 Å². The fraction of sp³-hybridized carbons (Fsp3) is 0.742. The highest BCUT2D eigenvalue weighted by molar-refractivity contribution is 7.13. The minimum absolute atomic E-state index is 0.109. The molecule has 1 unspecified atom stereocenters. The van der Waals surface area contributed by atoms with Crippen molar-refractivity contribution in [3.05, 3.63) is 45.5 Å². The molecule has 2 aliphatic carbocycles. The van der Waals surface area contributed by atoms with Crippen LogP contribution in [-0.2, 0) is 15.6 Å². The predicted octanol–water partition coefficient (Wildman–Crippen LogP) is 9.09. The Morgan fingerprint density at radius 1 is 1.30 bits per heavy atom. The molecule has 0 aliphatic heterocycles. The lowest BCUT2D eigenvalue weighted by Gasteiger charge is -2.51. The SMILES string of the molecule is [C-]#[N+][C@H]1CC[C@H](CCCc2ccc(C(=O)OC)s2)[C@H]1C=CCC(O[Si](C)(C)C(C)(C)C)C1(CC)CCC1. The molecule has 4 atom stereocenters. The topological polar surface area (TPSA) is 39.9 Å². The summed E-state index contributed by atoms with van der Waals surface area (Å²) in [6.07, 6.45) is 16.5. The molecule has 0 amide bonds. The van der Waals surface area contributed by atoms with Gasteiger partial charge in [0.15, 0.2) is 8.32 Å². The van der Waals surface area contributed by atoms with E-state index in [9.17, 15) is 4.79 Å². The van der Waals surface area contributed by atoms with Gasteiger partial charge in [-0.1, -0.05) is 46.3 Å². The lowest BCUT2D eigenvalue weighted by molar-refractivity contribution is -0.0272. The van der Waals surface area contributed by atoms with Gasteiger partial charge in [0.1, 0.15) is 4.88 Å². The number of esters is 1. The molecule has 0 radical (unpaired) electrons. The molecule has 1 aromatic rings. The summed E-state index contributed by atoms with van der Waals surface area (Å²) in [6.45, 7) is 21.9. The number of thiophene rings is 1. The molecule has 4 nitrogen and oxygen atoms in total. The fourth-order valence-electron chi connectivity index (χ4n) is 5.97. The molecular weight excluding hydrogens is 494 g/mol. The highest BCUT2D eigenvalue weighted by atomic mass is 32.1. The van der Waals surface area contributed by atoms with Gasteiger partial charge in [-0.3, -0.25) is 0 Å². The second-order valence-corrected chi connectivity index (χ2v) is 18.8. The van der Waals surface area contributed by atoms with Crippen LogP contribution in [0.5, 0.6) is 0 Å². The van der Waals surface area contributed by atoms with E-state index in [2.05, 4.69) is 63.9 Å². The van der Waals surface area contributed by atoms with Crippen molar-refractivity contribution in [3.63, 3.8) is 0 Å². The van der Waals surface area contributed by atoms with Crippen molar-refractivity contribution < 1.29 is 14.0 Å². The smallest absolute Gasteiger partial charge is 0.348 e. The highest BCUT2D eigenvalue weighted by Crippen LogP contribution is 2.51. The molecule has 0 N–H and O–H groups in total. The van der Waals surface area contributed by atoms with Crippen LogP contribution in [0.1, 0.15) is 100 Å². The van der Waals surface area contributed by atoms with E-state index in [0.29, 0.717) is 22.1 Å². The Morgan fingerprint density at radius 3 is 2.59 bits per heavy atom. The number of carbonyl (C=O) groups excluding carboxylic acids is 1. The summed E-state index contributed by atoms with van der Waals surface area (Å²) in [5, 5.41) is 0.208. The van der Waals surface area contributed by atoms with E-state index in [1.807, 2.05) is 6.07 Å². The van der Waals surface area contributed by atoms with Crippen LogP contribution in [0.2, 0.25) is 18.1 Å². The largest absolute Gasteiger partial charge is 0.465 e. The van der Waals surface area contributed by atoms with Crippen LogP contribution in [0.4, 0.5) is 0 Å². The number of carbonyl (C=O) groups is 1. The molecule has 1 aromatic heterocycles. The van der Waals surface area contributed by atoms with E-state index in [4.69, 9.17) is 15.7 Å². The highest BCUT2D eigenvalue weighted by Gasteiger charge is 2.48. The minimum atomic E-state index is -1.86. The van der Waals surface area contributed by atoms with Gasteiger partial charge in [-0.2, -0.15) is 0 Å². The van der Waals surface area contributed by atoms with Crippen LogP contribution in [0.3, 0.4) is 0 Å². The first-order chi connectivity index (χ1) is 17.5. The molecule has 206 valence electrons. The Morgan fingerprint density at radius 2 is 2.03 bits per heavy atom. The Hall–Kier alpha value is -1.42. The number of rotatable bonds is 12. The zero-order valence-electron chi connectivity index (χ0n) is 24.3. The van der Waals surface area contributed by atoms with Crippen molar-refractivity contribution in [2.45, 2.75) is 122 Å². The molecule has 37 heavy (non-hydrogen) atoms. The van der Waals surface area contributed by atoms with Gasteiger partial charge < -0.3 is 14.0 Å². The van der Waals surface area contributed by atoms with E-state index in [0.717, 1.165) is 38.5 Å². The van der Waals surface area contributed by atoms with Gasteiger partial charge in [0.25, 0.3) is 0 Å². The van der Waals surface area contributed by atoms with Gasteiger partial charge in [0, 0.05) is 11.3 Å². The van der Waals surface area contributed by atoms with E-state index in [1.54, 1.807) is 11.3 Å². The van der Waals surface area contributed by atoms with Crippen LogP contribution >= 0.6 is 11.3 Å². The van der Waals surface area contributed by atoms with Crippen LogP contribution in [0, 0.1) is 23.8 Å². The van der Waals surface area contributed by atoms with Crippen molar-refractivity contribution in [1.82, 2.24) is 0 Å². The quantitative estimate of drug-likeness (QED) is 0.114. The number of methoxy groups -OCH3 is 1. The fourth-order valence-corrected chi connectivity index (χ4v) is 8.35. The molecule has 3 rings (SSSR count). The summed E-state index contributed by atoms with van der Waals surface area (Å²) >= 11 is 1.54. The first-order valence-corrected chi connectivity index (χ1v) is 18.1. The monoisotopic (exact) mass is 543 g/mol. The third kappa shape index (κ3) is 7.16. The molecule has 0 bridgehead atoms. The third-order valence-corrected chi connectivity index (χ3v) is 15.3. The summed E-state index contributed by atoms with van der Waals surface area (Å²) in [7, 11) is -0.430. The summed E-state index contributed by atoms with van der Waals surface area (Å²) in [5.74, 6) is 0.665. The minimum Gasteiger partial charge on any atom is -0.465 e. The summed E-state index contributed by atoms with van der Waals surface area (Å²) < 4.78 is 11.9. The van der Waals surface area contributed by atoms with Crippen molar-refractivity contribution in [2.24, 2.45) is 17.3 Å². The van der Waals surface area contributed by atoms with Crippen molar-refractivity contribution in [3.8, 4) is 0 Å². The number of hydrogen-bond donors (Lipinski definition) is 0. The first kappa shape index (κ1) is 30.1. The zero-order valence-corrected chi connectivity index (χ0v) is 26.1. The van der Waals surface area contributed by atoms with Gasteiger partial charge in [-0.05, 0) is 93.0 Å². The van der Waals surface area contributed by atoms with E-state index < -0.39 is 8.32 Å². The maximum absolute atomic E-state index is 11.7. The number of aryl methyl sites for hydroxylation is 1. The Labute approximate surface area is 231 Å². The van der Waals surface area contributed by atoms with Gasteiger partial charge in [-0.25, -0.2) is 11.4 Å². The average Bonchev–Trinajstić information content (AvgIpc) is 3.44. The van der Waals surface area contributed by atoms with Crippen molar-refractivity contribution >= 4 is 25.6 Å². The van der Waals surface area contributed by atoms with Gasteiger partial charge in [0.05, 0.1) is 19.1 Å². The Kier molecular flexibility index (Phi) is 10.3. The van der Waals surface area contributed by atoms with Crippen LogP contribution in [0.25, 0.3) is 4.85 Å². The predicted molar refractivity (Wildman–Crippen MR) is 158 cm³/mol. The maximum atomic E-state index is 11.7. The standard InChI is InChI=1S/C31H49NO3SSi/c1-9-31(21-12-22-31)28(35-37(7,8)30(2,3)4)16-11-15-25-23(17-19-26(25)32-5)13-10-14-24-18-20-27(36-24)29(33)34-6/h11,15,18,20,23,25-26,28H,9-10,12-14,16-17,19,21-22H2,1-4,6-8H3/t23-,25+,26-,28?/m0/s1. The van der Waals surface area contributed by atoms with Crippen LogP contribution < -0.4 is 0 Å². The van der Waals surface area contributed by atoms with Gasteiger partial charge >= 0.3 is 5.97 Å². The summed E-state index contributed by atoms with van der Waals surface area (Å²) in [6, 6.07) is 4.03. The van der Waals surface area contributed by atoms with Gasteiger partial charge in [-0.15, -0.1) is 11.3 Å². The van der Waals surface area contributed by atoms with Crippen LogP contribution in [0.15, 0.2) is 24.3 Å². The van der Waals surface area contributed by atoms with Crippen molar-refractivity contribution in [1.29, 1.82) is 0 Å². The lowest BCUT2D eigenvalue weighted by Crippen LogP contribution is -2.51. The molecule has 2 fully saturated rings. The molecule has 0 spiro atoms. The Bertz CT molecular complexity index is 960.